The third-order valence-electron chi connectivity index (χ3n) is 1.45. The predicted octanol–water partition coefficient (Wildman–Crippen LogP) is 4.54. The average molecular weight is 226 g/mol. The summed E-state index contributed by atoms with van der Waals surface area (Å²) in [6.45, 7) is 13.3. The quantitative estimate of drug-likeness (QED) is 0.646. The first-order valence-electron chi connectivity index (χ1n) is 6.31. The van der Waals surface area contributed by atoms with E-state index in [0.717, 1.165) is 11.5 Å². The molecule has 1 aliphatic heterocycles. The van der Waals surface area contributed by atoms with Gasteiger partial charge in [-0.1, -0.05) is 53.7 Å². The highest BCUT2D eigenvalue weighted by molar-refractivity contribution is 5.40. The molecule has 0 aromatic heterocycles. The van der Waals surface area contributed by atoms with Crippen LogP contribution in [0.15, 0.2) is 24.3 Å². The molecule has 2 heteroatoms. The minimum atomic E-state index is 0.664. The Hall–Kier alpha value is -1.18. The van der Waals surface area contributed by atoms with Gasteiger partial charge in [0, 0.05) is 0 Å². The molecule has 0 saturated heterocycles. The Morgan fingerprint density at radius 1 is 0.688 bits per heavy atom. The summed E-state index contributed by atoms with van der Waals surface area (Å²) in [6, 6.07) is 7.70. The second-order valence-corrected chi connectivity index (χ2v) is 2.14. The molecule has 1 heterocycles. The lowest BCUT2D eigenvalue weighted by atomic mass is 10.3. The largest absolute Gasteiger partial charge is 0.486 e. The highest BCUT2D eigenvalue weighted by Gasteiger charge is 2.07. The highest BCUT2D eigenvalue weighted by Crippen LogP contribution is 2.28. The molecule has 16 heavy (non-hydrogen) atoms. The first-order chi connectivity index (χ1) is 7.97. The van der Waals surface area contributed by atoms with Crippen molar-refractivity contribution in [3.8, 4) is 11.5 Å². The van der Waals surface area contributed by atoms with E-state index in [4.69, 9.17) is 9.47 Å². The van der Waals surface area contributed by atoms with Crippen molar-refractivity contribution >= 4 is 0 Å². The van der Waals surface area contributed by atoms with E-state index >= 15 is 0 Å². The van der Waals surface area contributed by atoms with Crippen LogP contribution in [-0.4, -0.2) is 13.2 Å². The van der Waals surface area contributed by atoms with Gasteiger partial charge in [-0.15, -0.1) is 0 Å². The van der Waals surface area contributed by atoms with E-state index in [2.05, 4.69) is 0 Å². The summed E-state index contributed by atoms with van der Waals surface area (Å²) in [5.74, 6) is 1.71. The van der Waals surface area contributed by atoms with E-state index in [-0.39, 0.29) is 0 Å². The van der Waals surface area contributed by atoms with E-state index in [9.17, 15) is 0 Å². The predicted molar refractivity (Wildman–Crippen MR) is 71.5 cm³/mol. The molecular weight excluding hydrogens is 200 g/mol. The summed E-state index contributed by atoms with van der Waals surface area (Å²) in [5, 5.41) is 0. The highest BCUT2D eigenvalue weighted by atomic mass is 16.6. The molecule has 0 spiro atoms. The first-order valence-corrected chi connectivity index (χ1v) is 6.31. The molecule has 0 atom stereocenters. The lowest BCUT2D eigenvalue weighted by molar-refractivity contribution is 0.171. The Labute approximate surface area is 101 Å². The topological polar surface area (TPSA) is 18.5 Å². The van der Waals surface area contributed by atoms with Gasteiger partial charge in [0.15, 0.2) is 11.5 Å². The second kappa shape index (κ2) is 13.8. The molecule has 94 valence electrons. The lowest BCUT2D eigenvalue weighted by Gasteiger charge is -2.17. The van der Waals surface area contributed by atoms with Crippen LogP contribution < -0.4 is 9.47 Å². The zero-order valence-electron chi connectivity index (χ0n) is 11.5. The standard InChI is InChI=1S/C8H8O2.3C2H6/c1-2-4-8-7(3-1)9-5-6-10-8;3*1-2/h1-4H,5-6H2;3*1-2H3. The maximum absolute atomic E-state index is 5.30. The fourth-order valence-corrected chi connectivity index (χ4v) is 0.992. The Morgan fingerprint density at radius 3 is 1.31 bits per heavy atom. The van der Waals surface area contributed by atoms with E-state index in [1.165, 1.54) is 0 Å². The molecule has 0 unspecified atom stereocenters. The molecule has 2 rings (SSSR count). The van der Waals surface area contributed by atoms with Crippen LogP contribution in [0.1, 0.15) is 41.5 Å². The van der Waals surface area contributed by atoms with Crippen LogP contribution in [0.3, 0.4) is 0 Å². The Balaban J connectivity index is 0. The minimum Gasteiger partial charge on any atom is -0.486 e. The van der Waals surface area contributed by atoms with Gasteiger partial charge in [0.25, 0.3) is 0 Å². The van der Waals surface area contributed by atoms with Crippen LogP contribution >= 0.6 is 0 Å². The first kappa shape index (κ1) is 17.2. The zero-order valence-corrected chi connectivity index (χ0v) is 11.5. The van der Waals surface area contributed by atoms with Crippen molar-refractivity contribution in [2.45, 2.75) is 41.5 Å². The van der Waals surface area contributed by atoms with Gasteiger partial charge in [0.1, 0.15) is 13.2 Å². The van der Waals surface area contributed by atoms with E-state index in [0.29, 0.717) is 13.2 Å². The molecule has 0 N–H and O–H groups in total. The van der Waals surface area contributed by atoms with Gasteiger partial charge >= 0.3 is 0 Å². The zero-order chi connectivity index (χ0) is 12.8. The summed E-state index contributed by atoms with van der Waals surface area (Å²) in [5.41, 5.74) is 0. The van der Waals surface area contributed by atoms with Crippen LogP contribution in [0, 0.1) is 0 Å². The minimum absolute atomic E-state index is 0.664. The summed E-state index contributed by atoms with van der Waals surface area (Å²) >= 11 is 0. The Bertz CT molecular complexity index is 209. The van der Waals surface area contributed by atoms with Gasteiger partial charge in [-0.2, -0.15) is 0 Å². The van der Waals surface area contributed by atoms with Crippen LogP contribution in [0.2, 0.25) is 0 Å². The van der Waals surface area contributed by atoms with Crippen molar-refractivity contribution in [3.05, 3.63) is 24.3 Å². The van der Waals surface area contributed by atoms with Crippen molar-refractivity contribution in [2.75, 3.05) is 13.2 Å². The molecule has 1 aliphatic rings. The molecule has 0 fully saturated rings. The summed E-state index contributed by atoms with van der Waals surface area (Å²) in [6.07, 6.45) is 0. The van der Waals surface area contributed by atoms with Gasteiger partial charge in [-0.3, -0.25) is 0 Å². The Morgan fingerprint density at radius 2 is 1.00 bits per heavy atom. The van der Waals surface area contributed by atoms with Gasteiger partial charge < -0.3 is 9.47 Å². The van der Waals surface area contributed by atoms with E-state index in [1.807, 2.05) is 65.8 Å². The maximum atomic E-state index is 5.30. The van der Waals surface area contributed by atoms with Crippen LogP contribution in [0.5, 0.6) is 11.5 Å². The Kier molecular flexibility index (Phi) is 14.9. The fourth-order valence-electron chi connectivity index (χ4n) is 0.992. The fraction of sp³-hybridized carbons (Fsp3) is 0.571. The van der Waals surface area contributed by atoms with Gasteiger partial charge in [0.05, 0.1) is 0 Å². The summed E-state index contributed by atoms with van der Waals surface area (Å²) in [7, 11) is 0. The van der Waals surface area contributed by atoms with Crippen molar-refractivity contribution in [2.24, 2.45) is 0 Å². The van der Waals surface area contributed by atoms with Crippen molar-refractivity contribution < 1.29 is 9.47 Å². The molecule has 1 aromatic rings. The van der Waals surface area contributed by atoms with E-state index < -0.39 is 0 Å². The molecule has 0 aliphatic carbocycles. The number of hydrogen-bond acceptors (Lipinski definition) is 2. The maximum Gasteiger partial charge on any atom is 0.161 e. The third kappa shape index (κ3) is 6.33. The van der Waals surface area contributed by atoms with Crippen LogP contribution in [-0.2, 0) is 0 Å². The smallest absolute Gasteiger partial charge is 0.161 e. The van der Waals surface area contributed by atoms with Crippen molar-refractivity contribution in [1.82, 2.24) is 0 Å². The molecule has 1 aromatic carbocycles. The molecule has 2 nitrogen and oxygen atoms in total. The van der Waals surface area contributed by atoms with Crippen LogP contribution in [0.4, 0.5) is 0 Å². The molecule has 0 saturated carbocycles. The molecule has 0 radical (unpaired) electrons. The summed E-state index contributed by atoms with van der Waals surface area (Å²) in [4.78, 5) is 0. The van der Waals surface area contributed by atoms with Gasteiger partial charge in [0.2, 0.25) is 0 Å². The van der Waals surface area contributed by atoms with Gasteiger partial charge in [-0.25, -0.2) is 0 Å². The number of fused-ring (bicyclic) bond motifs is 1. The molecule has 0 bridgehead atoms. The normalized spacial score (nSPS) is 10.4. The number of benzene rings is 1. The van der Waals surface area contributed by atoms with Gasteiger partial charge in [-0.05, 0) is 12.1 Å². The monoisotopic (exact) mass is 226 g/mol. The number of hydrogen-bond donors (Lipinski definition) is 0. The average Bonchev–Trinajstić information content (AvgIpc) is 2.45. The van der Waals surface area contributed by atoms with E-state index in [1.54, 1.807) is 0 Å². The van der Waals surface area contributed by atoms with Crippen molar-refractivity contribution in [3.63, 3.8) is 0 Å². The number of para-hydroxylation sites is 2. The third-order valence-corrected chi connectivity index (χ3v) is 1.45. The number of rotatable bonds is 0. The second-order valence-electron chi connectivity index (χ2n) is 2.14. The van der Waals surface area contributed by atoms with Crippen molar-refractivity contribution in [1.29, 1.82) is 0 Å². The van der Waals surface area contributed by atoms with Crippen LogP contribution in [0.25, 0.3) is 0 Å². The molecular formula is C14H26O2. The number of ether oxygens (including phenoxy) is 2. The lowest BCUT2D eigenvalue weighted by Crippen LogP contribution is -2.14. The summed E-state index contributed by atoms with van der Waals surface area (Å²) < 4.78 is 10.6. The SMILES string of the molecule is CC.CC.CC.c1ccc2c(c1)OCCO2. The molecule has 0 amide bonds.